The molecule has 1 fully saturated rings. The minimum absolute atomic E-state index is 0.0686. The fraction of sp³-hybridized carbons (Fsp3) is 0.533. The maximum Gasteiger partial charge on any atom is 0.253 e. The van der Waals surface area contributed by atoms with Crippen molar-refractivity contribution in [2.45, 2.75) is 32.7 Å². The van der Waals surface area contributed by atoms with Gasteiger partial charge in [-0.1, -0.05) is 32.0 Å². The second kappa shape index (κ2) is 6.17. The van der Waals surface area contributed by atoms with Crippen LogP contribution in [0, 0.1) is 0 Å². The Morgan fingerprint density at radius 1 is 1.32 bits per heavy atom. The summed E-state index contributed by atoms with van der Waals surface area (Å²) in [7, 11) is 0. The summed E-state index contributed by atoms with van der Waals surface area (Å²) in [5, 5.41) is 9.49. The number of hydrogen-bond acceptors (Lipinski definition) is 3. The number of aliphatic hydroxyl groups excluding tert-OH is 1. The summed E-state index contributed by atoms with van der Waals surface area (Å²) >= 11 is 0. The molecule has 1 aromatic carbocycles. The first-order valence-corrected chi connectivity index (χ1v) is 6.84. The van der Waals surface area contributed by atoms with Gasteiger partial charge < -0.3 is 14.7 Å². The molecule has 0 radical (unpaired) electrons. The Labute approximate surface area is 114 Å². The van der Waals surface area contributed by atoms with E-state index in [1.807, 2.05) is 18.2 Å². The van der Waals surface area contributed by atoms with Crippen molar-refractivity contribution in [2.75, 3.05) is 24.7 Å². The van der Waals surface area contributed by atoms with Crippen LogP contribution >= 0.6 is 0 Å². The number of morpholine rings is 1. The number of carbonyl (C=O) groups is 1. The average molecular weight is 263 g/mol. The SMILES string of the molecule is CCc1cccc(CC)c1N1C(=O)COCC1CO. The molecule has 4 heteroatoms. The zero-order valence-electron chi connectivity index (χ0n) is 11.6. The molecule has 4 nitrogen and oxygen atoms in total. The van der Waals surface area contributed by atoms with Crippen molar-refractivity contribution in [2.24, 2.45) is 0 Å². The Bertz CT molecular complexity index is 436. The van der Waals surface area contributed by atoms with Crippen LogP contribution in [-0.4, -0.2) is 36.9 Å². The normalized spacial score (nSPS) is 19.8. The molecule has 0 bridgehead atoms. The van der Waals surface area contributed by atoms with Gasteiger partial charge in [0.25, 0.3) is 5.91 Å². The third kappa shape index (κ3) is 2.65. The highest BCUT2D eigenvalue weighted by molar-refractivity contribution is 5.97. The second-order valence-electron chi connectivity index (χ2n) is 4.75. The van der Waals surface area contributed by atoms with Crippen molar-refractivity contribution < 1.29 is 14.6 Å². The van der Waals surface area contributed by atoms with Crippen molar-refractivity contribution in [1.82, 2.24) is 0 Å². The summed E-state index contributed by atoms with van der Waals surface area (Å²) in [6.07, 6.45) is 1.73. The number of para-hydroxylation sites is 1. The van der Waals surface area contributed by atoms with Crippen LogP contribution in [0.3, 0.4) is 0 Å². The number of ether oxygens (including phenoxy) is 1. The molecule has 19 heavy (non-hydrogen) atoms. The smallest absolute Gasteiger partial charge is 0.253 e. The van der Waals surface area contributed by atoms with Gasteiger partial charge in [0.2, 0.25) is 0 Å². The lowest BCUT2D eigenvalue weighted by Crippen LogP contribution is -2.52. The standard InChI is InChI=1S/C15H21NO3/c1-3-11-6-5-7-12(4-2)15(11)16-13(8-17)9-19-10-14(16)18/h5-7,13,17H,3-4,8-10H2,1-2H3. The monoisotopic (exact) mass is 263 g/mol. The quantitative estimate of drug-likeness (QED) is 0.896. The molecule has 1 amide bonds. The molecular weight excluding hydrogens is 242 g/mol. The molecular formula is C15H21NO3. The van der Waals surface area contributed by atoms with Crippen LogP contribution in [-0.2, 0) is 22.4 Å². The van der Waals surface area contributed by atoms with Crippen molar-refractivity contribution in [1.29, 1.82) is 0 Å². The summed E-state index contributed by atoms with van der Waals surface area (Å²) in [5.41, 5.74) is 3.26. The number of carbonyl (C=O) groups excluding carboxylic acids is 1. The van der Waals surface area contributed by atoms with Crippen LogP contribution in [0.1, 0.15) is 25.0 Å². The minimum Gasteiger partial charge on any atom is -0.394 e. The Morgan fingerprint density at radius 2 is 1.95 bits per heavy atom. The summed E-state index contributed by atoms with van der Waals surface area (Å²) in [6, 6.07) is 5.84. The van der Waals surface area contributed by atoms with Gasteiger partial charge in [0, 0.05) is 0 Å². The van der Waals surface area contributed by atoms with Gasteiger partial charge in [0.05, 0.1) is 24.9 Å². The molecule has 2 rings (SSSR count). The average Bonchev–Trinajstić information content (AvgIpc) is 2.46. The summed E-state index contributed by atoms with van der Waals surface area (Å²) in [4.78, 5) is 13.9. The van der Waals surface area contributed by atoms with Gasteiger partial charge in [-0.2, -0.15) is 0 Å². The van der Waals surface area contributed by atoms with Gasteiger partial charge >= 0.3 is 0 Å². The lowest BCUT2D eigenvalue weighted by Gasteiger charge is -2.36. The Hall–Kier alpha value is -1.39. The lowest BCUT2D eigenvalue weighted by molar-refractivity contribution is -0.128. The molecule has 0 saturated carbocycles. The van der Waals surface area contributed by atoms with Gasteiger partial charge in [-0.15, -0.1) is 0 Å². The Kier molecular flexibility index (Phi) is 4.56. The predicted octanol–water partition coefficient (Wildman–Crippen LogP) is 1.54. The van der Waals surface area contributed by atoms with Crippen LogP contribution in [0.25, 0.3) is 0 Å². The van der Waals surface area contributed by atoms with Gasteiger partial charge in [0.15, 0.2) is 0 Å². The van der Waals surface area contributed by atoms with E-state index in [0.29, 0.717) is 6.61 Å². The number of aryl methyl sites for hydroxylation is 2. The topological polar surface area (TPSA) is 49.8 Å². The Balaban J connectivity index is 2.50. The summed E-state index contributed by atoms with van der Waals surface area (Å²) < 4.78 is 5.23. The number of hydrogen-bond donors (Lipinski definition) is 1. The fourth-order valence-corrected chi connectivity index (χ4v) is 2.60. The highest BCUT2D eigenvalue weighted by Crippen LogP contribution is 2.30. The molecule has 0 aliphatic carbocycles. The zero-order valence-corrected chi connectivity index (χ0v) is 11.6. The lowest BCUT2D eigenvalue weighted by atomic mass is 10.00. The number of aliphatic hydroxyl groups is 1. The predicted molar refractivity (Wildman–Crippen MR) is 74.4 cm³/mol. The van der Waals surface area contributed by atoms with E-state index in [4.69, 9.17) is 4.74 Å². The summed E-state index contributed by atoms with van der Waals surface area (Å²) in [6.45, 7) is 4.57. The van der Waals surface area contributed by atoms with Gasteiger partial charge in [0.1, 0.15) is 6.61 Å². The molecule has 1 heterocycles. The van der Waals surface area contributed by atoms with E-state index in [0.717, 1.165) is 29.7 Å². The summed E-state index contributed by atoms with van der Waals surface area (Å²) in [5.74, 6) is -0.0686. The number of anilines is 1. The van der Waals surface area contributed by atoms with Crippen LogP contribution in [0.15, 0.2) is 18.2 Å². The van der Waals surface area contributed by atoms with Crippen LogP contribution in [0.5, 0.6) is 0 Å². The third-order valence-electron chi connectivity index (χ3n) is 3.59. The van der Waals surface area contributed by atoms with E-state index in [9.17, 15) is 9.90 Å². The van der Waals surface area contributed by atoms with E-state index < -0.39 is 0 Å². The van der Waals surface area contributed by atoms with Gasteiger partial charge in [-0.3, -0.25) is 4.79 Å². The third-order valence-corrected chi connectivity index (χ3v) is 3.59. The van der Waals surface area contributed by atoms with E-state index in [2.05, 4.69) is 13.8 Å². The maximum atomic E-state index is 12.2. The number of amides is 1. The van der Waals surface area contributed by atoms with Crippen LogP contribution in [0.2, 0.25) is 0 Å². The highest BCUT2D eigenvalue weighted by Gasteiger charge is 2.31. The molecule has 1 aromatic rings. The van der Waals surface area contributed by atoms with E-state index in [1.54, 1.807) is 4.90 Å². The molecule has 1 aliphatic heterocycles. The largest absolute Gasteiger partial charge is 0.394 e. The van der Waals surface area contributed by atoms with E-state index in [1.165, 1.54) is 0 Å². The number of nitrogens with zero attached hydrogens (tertiary/aromatic N) is 1. The molecule has 104 valence electrons. The molecule has 0 aromatic heterocycles. The first-order chi connectivity index (χ1) is 9.22. The first kappa shape index (κ1) is 14.0. The fourth-order valence-electron chi connectivity index (χ4n) is 2.60. The zero-order chi connectivity index (χ0) is 13.8. The number of benzene rings is 1. The molecule has 1 aliphatic rings. The van der Waals surface area contributed by atoms with E-state index in [-0.39, 0.29) is 25.2 Å². The second-order valence-corrected chi connectivity index (χ2v) is 4.75. The Morgan fingerprint density at radius 3 is 2.47 bits per heavy atom. The maximum absolute atomic E-state index is 12.2. The van der Waals surface area contributed by atoms with Crippen molar-refractivity contribution in [3.63, 3.8) is 0 Å². The van der Waals surface area contributed by atoms with E-state index >= 15 is 0 Å². The van der Waals surface area contributed by atoms with Crippen molar-refractivity contribution >= 4 is 11.6 Å². The minimum atomic E-state index is -0.278. The molecule has 0 spiro atoms. The number of rotatable bonds is 4. The molecule has 1 N–H and O–H groups in total. The first-order valence-electron chi connectivity index (χ1n) is 6.84. The van der Waals surface area contributed by atoms with Gasteiger partial charge in [-0.05, 0) is 24.0 Å². The van der Waals surface area contributed by atoms with Crippen LogP contribution in [0.4, 0.5) is 5.69 Å². The van der Waals surface area contributed by atoms with Crippen molar-refractivity contribution in [3.8, 4) is 0 Å². The van der Waals surface area contributed by atoms with Crippen LogP contribution < -0.4 is 4.90 Å². The van der Waals surface area contributed by atoms with Gasteiger partial charge in [-0.25, -0.2) is 0 Å². The highest BCUT2D eigenvalue weighted by atomic mass is 16.5. The molecule has 1 unspecified atom stereocenters. The van der Waals surface area contributed by atoms with Crippen molar-refractivity contribution in [3.05, 3.63) is 29.3 Å². The molecule has 1 atom stereocenters. The molecule has 1 saturated heterocycles.